The molecule has 0 saturated heterocycles. The van der Waals surface area contributed by atoms with Crippen LogP contribution in [0.2, 0.25) is 0 Å². The number of nitrogens with one attached hydrogen (secondary N) is 2. The number of anilines is 1. The average Bonchev–Trinajstić information content (AvgIpc) is 3.27. The highest BCUT2D eigenvalue weighted by atomic mass is 32.1. The fourth-order valence-corrected chi connectivity index (χ4v) is 4.38. The number of phenolic OH excluding ortho intramolecular Hbond substituents is 2. The Morgan fingerprint density at radius 1 is 1.08 bits per heavy atom. The van der Waals surface area contributed by atoms with Gasteiger partial charge in [0.2, 0.25) is 28.4 Å². The number of urea groups is 1. The molecule has 12 nitrogen and oxygen atoms in total. The fraction of sp³-hybridized carbons (Fsp3) is 0.217. The average molecular weight is 516 g/mol. The Morgan fingerprint density at radius 3 is 2.44 bits per heavy atom. The number of carbonyl (C=O) groups excluding carboxylic acids is 2. The molecule has 0 radical (unpaired) electrons. The number of Topliss-reactive ketones (excluding diaryl/α,β-unsaturated/α-hetero) is 1. The Bertz CT molecular complexity index is 1580. The van der Waals surface area contributed by atoms with E-state index < -0.39 is 28.7 Å². The SMILES string of the molecule is CCC(=O)CNC(=O)Nc1nc2ccc(-c3oc4c(OC)c(O)c(O)c(OC)c4c(=O)c3O)cc2s1. The summed E-state index contributed by atoms with van der Waals surface area (Å²) < 4.78 is 16.6. The van der Waals surface area contributed by atoms with Gasteiger partial charge in [-0.25, -0.2) is 9.78 Å². The number of aromatic hydroxyl groups is 3. The van der Waals surface area contributed by atoms with Gasteiger partial charge in [-0.2, -0.15) is 0 Å². The number of aromatic nitrogens is 1. The third kappa shape index (κ3) is 4.20. The van der Waals surface area contributed by atoms with Crippen molar-refractivity contribution in [3.63, 3.8) is 0 Å². The standard InChI is InChI=1S/C23H21N3O9S/c1-4-10(27)8-24-22(32)26-23-25-11-6-5-9(7-12(11)36-23)18-15(29)14(28)13-19(33-2)16(30)17(31)21(34-3)20(13)35-18/h5-7,29-31H,4,8H2,1-3H3,(H2,24,25,26,32). The first-order chi connectivity index (χ1) is 17.2. The number of phenols is 2. The second-order valence-electron chi connectivity index (χ2n) is 7.48. The predicted molar refractivity (Wildman–Crippen MR) is 132 cm³/mol. The van der Waals surface area contributed by atoms with Crippen LogP contribution in [0.3, 0.4) is 0 Å². The van der Waals surface area contributed by atoms with E-state index in [1.54, 1.807) is 25.1 Å². The van der Waals surface area contributed by atoms with Crippen LogP contribution in [0.4, 0.5) is 9.93 Å². The zero-order valence-corrected chi connectivity index (χ0v) is 20.1. The molecule has 0 aliphatic rings. The molecule has 188 valence electrons. The zero-order chi connectivity index (χ0) is 26.1. The molecule has 0 atom stereocenters. The van der Waals surface area contributed by atoms with E-state index in [-0.39, 0.29) is 45.7 Å². The van der Waals surface area contributed by atoms with E-state index in [1.807, 2.05) is 0 Å². The summed E-state index contributed by atoms with van der Waals surface area (Å²) in [6.45, 7) is 1.60. The van der Waals surface area contributed by atoms with Gasteiger partial charge in [0.1, 0.15) is 5.39 Å². The minimum absolute atomic E-state index is 0.0980. The van der Waals surface area contributed by atoms with E-state index in [4.69, 9.17) is 13.9 Å². The van der Waals surface area contributed by atoms with Crippen molar-refractivity contribution in [1.29, 1.82) is 0 Å². The van der Waals surface area contributed by atoms with Gasteiger partial charge in [0.25, 0.3) is 0 Å². The van der Waals surface area contributed by atoms with Crippen LogP contribution >= 0.6 is 11.3 Å². The number of benzene rings is 2. The molecule has 4 rings (SSSR count). The predicted octanol–water partition coefficient (Wildman–Crippen LogP) is 3.30. The van der Waals surface area contributed by atoms with Crippen LogP contribution in [-0.2, 0) is 4.79 Å². The Hall–Kier alpha value is -4.52. The maximum atomic E-state index is 13.0. The molecule has 0 spiro atoms. The second-order valence-corrected chi connectivity index (χ2v) is 8.51. The van der Waals surface area contributed by atoms with E-state index in [9.17, 15) is 29.7 Å². The van der Waals surface area contributed by atoms with Crippen LogP contribution in [0.1, 0.15) is 13.3 Å². The van der Waals surface area contributed by atoms with E-state index in [2.05, 4.69) is 15.6 Å². The number of hydrogen-bond donors (Lipinski definition) is 5. The van der Waals surface area contributed by atoms with Crippen molar-refractivity contribution in [2.75, 3.05) is 26.1 Å². The highest BCUT2D eigenvalue weighted by Crippen LogP contribution is 2.50. The maximum absolute atomic E-state index is 13.0. The largest absolute Gasteiger partial charge is 0.502 e. The Kier molecular flexibility index (Phi) is 6.57. The van der Waals surface area contributed by atoms with Crippen LogP contribution in [0.25, 0.3) is 32.5 Å². The molecule has 0 unspecified atom stereocenters. The van der Waals surface area contributed by atoms with E-state index in [0.717, 1.165) is 11.3 Å². The van der Waals surface area contributed by atoms with Crippen molar-refractivity contribution in [2.45, 2.75) is 13.3 Å². The monoisotopic (exact) mass is 515 g/mol. The van der Waals surface area contributed by atoms with Crippen molar-refractivity contribution in [3.05, 3.63) is 28.4 Å². The van der Waals surface area contributed by atoms with Crippen molar-refractivity contribution >= 4 is 49.5 Å². The van der Waals surface area contributed by atoms with Gasteiger partial charge in [0.15, 0.2) is 28.0 Å². The second kappa shape index (κ2) is 9.62. The van der Waals surface area contributed by atoms with E-state index in [1.165, 1.54) is 14.2 Å². The normalized spacial score (nSPS) is 11.0. The molecule has 0 fully saturated rings. The fourth-order valence-electron chi connectivity index (χ4n) is 3.48. The van der Waals surface area contributed by atoms with Crippen molar-refractivity contribution in [2.24, 2.45) is 0 Å². The lowest BCUT2D eigenvalue weighted by atomic mass is 10.1. The van der Waals surface area contributed by atoms with E-state index >= 15 is 0 Å². The number of methoxy groups -OCH3 is 2. The maximum Gasteiger partial charge on any atom is 0.321 e. The summed E-state index contributed by atoms with van der Waals surface area (Å²) in [5, 5.41) is 36.1. The summed E-state index contributed by atoms with van der Waals surface area (Å²) in [7, 11) is 2.38. The number of hydrogen-bond acceptors (Lipinski definition) is 11. The summed E-state index contributed by atoms with van der Waals surface area (Å²) in [5.74, 6) is -3.24. The molecule has 0 saturated carbocycles. The van der Waals surface area contributed by atoms with Gasteiger partial charge >= 0.3 is 6.03 Å². The third-order valence-corrected chi connectivity index (χ3v) is 6.23. The number of ether oxygens (including phenoxy) is 2. The number of fused-ring (bicyclic) bond motifs is 2. The summed E-state index contributed by atoms with van der Waals surface area (Å²) in [6.07, 6.45) is 0.307. The van der Waals surface area contributed by atoms with Gasteiger partial charge in [-0.1, -0.05) is 18.3 Å². The first-order valence-corrected chi connectivity index (χ1v) is 11.3. The molecular formula is C23H21N3O9S. The highest BCUT2D eigenvalue weighted by Gasteiger charge is 2.28. The number of rotatable bonds is 7. The molecule has 13 heteroatoms. The zero-order valence-electron chi connectivity index (χ0n) is 19.3. The molecular weight excluding hydrogens is 494 g/mol. The van der Waals surface area contributed by atoms with Gasteiger partial charge < -0.3 is 34.5 Å². The molecule has 2 heterocycles. The molecule has 0 bridgehead atoms. The quantitative estimate of drug-likeness (QED) is 0.229. The molecule has 2 aromatic carbocycles. The molecule has 5 N–H and O–H groups in total. The number of ketones is 1. The lowest BCUT2D eigenvalue weighted by Crippen LogP contribution is -2.32. The number of thiazole rings is 1. The van der Waals surface area contributed by atoms with Crippen LogP contribution < -0.4 is 25.5 Å². The van der Waals surface area contributed by atoms with Crippen LogP contribution in [0.15, 0.2) is 27.4 Å². The van der Waals surface area contributed by atoms with E-state index in [0.29, 0.717) is 22.2 Å². The lowest BCUT2D eigenvalue weighted by Gasteiger charge is -2.14. The molecule has 4 aromatic rings. The van der Waals surface area contributed by atoms with Crippen LogP contribution in [-0.4, -0.2) is 52.9 Å². The molecule has 2 amide bonds. The number of carbonyl (C=O) groups is 2. The third-order valence-electron chi connectivity index (χ3n) is 5.30. The lowest BCUT2D eigenvalue weighted by molar-refractivity contribution is -0.117. The minimum Gasteiger partial charge on any atom is -0.502 e. The van der Waals surface area contributed by atoms with Gasteiger partial charge in [-0.3, -0.25) is 14.9 Å². The smallest absolute Gasteiger partial charge is 0.321 e. The van der Waals surface area contributed by atoms with Crippen LogP contribution in [0.5, 0.6) is 28.7 Å². The topological polar surface area (TPSA) is 180 Å². The summed E-state index contributed by atoms with van der Waals surface area (Å²) in [4.78, 5) is 40.7. The first kappa shape index (κ1) is 24.6. The van der Waals surface area contributed by atoms with Gasteiger partial charge in [0.05, 0.1) is 31.0 Å². The summed E-state index contributed by atoms with van der Waals surface area (Å²) >= 11 is 1.12. The minimum atomic E-state index is -0.915. The molecule has 0 aliphatic carbocycles. The Morgan fingerprint density at radius 2 is 1.78 bits per heavy atom. The summed E-state index contributed by atoms with van der Waals surface area (Å²) in [6, 6.07) is 4.14. The Balaban J connectivity index is 1.77. The van der Waals surface area contributed by atoms with Crippen LogP contribution in [0, 0.1) is 0 Å². The molecule has 0 aliphatic heterocycles. The number of nitrogens with zero attached hydrogens (tertiary/aromatic N) is 1. The molecule has 36 heavy (non-hydrogen) atoms. The molecule has 2 aromatic heterocycles. The van der Waals surface area contributed by atoms with Gasteiger partial charge in [0, 0.05) is 12.0 Å². The van der Waals surface area contributed by atoms with Crippen molar-refractivity contribution < 1.29 is 38.8 Å². The first-order valence-electron chi connectivity index (χ1n) is 10.5. The number of amides is 2. The Labute approximate surface area is 206 Å². The van der Waals surface area contributed by atoms with Gasteiger partial charge in [-0.05, 0) is 18.2 Å². The van der Waals surface area contributed by atoms with Crippen molar-refractivity contribution in [1.82, 2.24) is 10.3 Å². The van der Waals surface area contributed by atoms with Crippen molar-refractivity contribution in [3.8, 4) is 40.1 Å². The van der Waals surface area contributed by atoms with Gasteiger partial charge in [-0.15, -0.1) is 0 Å². The highest BCUT2D eigenvalue weighted by molar-refractivity contribution is 7.22. The summed E-state index contributed by atoms with van der Waals surface area (Å²) in [5.41, 5.74) is -0.344.